The molecule has 3 aromatic carbocycles. The van der Waals surface area contributed by atoms with Gasteiger partial charge in [-0.3, -0.25) is 0 Å². The SMILES string of the molecule is C(=Nc1nnc(-c2ccccc2)c(-c2ccccc2)n1)c1ccccc1. The molecule has 26 heavy (non-hydrogen) atoms. The van der Waals surface area contributed by atoms with Gasteiger partial charge in [0, 0.05) is 17.3 Å². The highest BCUT2D eigenvalue weighted by Crippen LogP contribution is 2.29. The Kier molecular flexibility index (Phi) is 4.56. The number of nitrogens with zero attached hydrogens (tertiary/aromatic N) is 4. The average Bonchev–Trinajstić information content (AvgIpc) is 2.74. The minimum absolute atomic E-state index is 0.340. The van der Waals surface area contributed by atoms with Crippen LogP contribution in [0.2, 0.25) is 0 Å². The fourth-order valence-corrected chi connectivity index (χ4v) is 2.63. The average molecular weight is 336 g/mol. The second kappa shape index (κ2) is 7.49. The lowest BCUT2D eigenvalue weighted by Gasteiger charge is -2.08. The summed E-state index contributed by atoms with van der Waals surface area (Å²) in [5, 5.41) is 8.61. The van der Waals surface area contributed by atoms with Crippen molar-refractivity contribution in [1.82, 2.24) is 15.2 Å². The lowest BCUT2D eigenvalue weighted by molar-refractivity contribution is 0.976. The Morgan fingerprint density at radius 3 is 1.73 bits per heavy atom. The van der Waals surface area contributed by atoms with Crippen molar-refractivity contribution in [1.29, 1.82) is 0 Å². The topological polar surface area (TPSA) is 51.0 Å². The Morgan fingerprint density at radius 2 is 1.12 bits per heavy atom. The molecule has 4 aromatic rings. The zero-order chi connectivity index (χ0) is 17.6. The third-order valence-corrected chi connectivity index (χ3v) is 3.90. The van der Waals surface area contributed by atoms with E-state index in [0.29, 0.717) is 5.95 Å². The van der Waals surface area contributed by atoms with Crippen LogP contribution in [-0.4, -0.2) is 21.4 Å². The summed E-state index contributed by atoms with van der Waals surface area (Å²) in [5.74, 6) is 0.340. The third-order valence-electron chi connectivity index (χ3n) is 3.90. The monoisotopic (exact) mass is 336 g/mol. The van der Waals surface area contributed by atoms with Crippen LogP contribution < -0.4 is 0 Å². The first-order chi connectivity index (χ1) is 12.9. The van der Waals surface area contributed by atoms with Crippen molar-refractivity contribution in [3.05, 3.63) is 96.6 Å². The van der Waals surface area contributed by atoms with E-state index >= 15 is 0 Å². The molecular formula is C22H16N4. The Labute approximate surface area is 151 Å². The molecule has 0 amide bonds. The van der Waals surface area contributed by atoms with Crippen molar-refractivity contribution in [2.75, 3.05) is 0 Å². The molecule has 0 aliphatic carbocycles. The zero-order valence-corrected chi connectivity index (χ0v) is 14.0. The predicted octanol–water partition coefficient (Wildman–Crippen LogP) is 4.96. The molecule has 4 rings (SSSR count). The maximum Gasteiger partial charge on any atom is 0.269 e. The zero-order valence-electron chi connectivity index (χ0n) is 14.0. The smallest absolute Gasteiger partial charge is 0.218 e. The van der Waals surface area contributed by atoms with Crippen LogP contribution in [0.1, 0.15) is 5.56 Å². The van der Waals surface area contributed by atoms with E-state index in [-0.39, 0.29) is 0 Å². The number of benzene rings is 3. The molecule has 0 atom stereocenters. The highest BCUT2D eigenvalue weighted by molar-refractivity contribution is 5.82. The van der Waals surface area contributed by atoms with Crippen LogP contribution in [0.25, 0.3) is 22.5 Å². The van der Waals surface area contributed by atoms with E-state index < -0.39 is 0 Å². The standard InChI is InChI=1S/C22H16N4/c1-4-10-17(11-5-1)16-23-22-24-20(18-12-6-2-7-13-18)21(25-26-22)19-14-8-3-9-15-19/h1-16H. The molecule has 1 heterocycles. The second-order valence-electron chi connectivity index (χ2n) is 5.71. The van der Waals surface area contributed by atoms with E-state index in [1.165, 1.54) is 0 Å². The van der Waals surface area contributed by atoms with Gasteiger partial charge in [-0.2, -0.15) is 0 Å². The van der Waals surface area contributed by atoms with Gasteiger partial charge in [0.15, 0.2) is 0 Å². The highest BCUT2D eigenvalue weighted by Gasteiger charge is 2.12. The van der Waals surface area contributed by atoms with E-state index in [0.717, 1.165) is 28.1 Å². The molecule has 0 spiro atoms. The predicted molar refractivity (Wildman–Crippen MR) is 104 cm³/mol. The van der Waals surface area contributed by atoms with Crippen molar-refractivity contribution in [3.63, 3.8) is 0 Å². The first kappa shape index (κ1) is 15.8. The largest absolute Gasteiger partial charge is 0.269 e. The molecule has 0 unspecified atom stereocenters. The van der Waals surface area contributed by atoms with Gasteiger partial charge in [0.25, 0.3) is 5.95 Å². The second-order valence-corrected chi connectivity index (χ2v) is 5.71. The van der Waals surface area contributed by atoms with Gasteiger partial charge in [-0.1, -0.05) is 91.0 Å². The van der Waals surface area contributed by atoms with Gasteiger partial charge in [0.05, 0.1) is 0 Å². The van der Waals surface area contributed by atoms with E-state index in [9.17, 15) is 0 Å². The number of rotatable bonds is 4. The van der Waals surface area contributed by atoms with Crippen LogP contribution in [0, 0.1) is 0 Å². The summed E-state index contributed by atoms with van der Waals surface area (Å²) >= 11 is 0. The van der Waals surface area contributed by atoms with Crippen LogP contribution in [0.4, 0.5) is 5.95 Å². The molecule has 4 heteroatoms. The Bertz CT molecular complexity index is 1010. The molecule has 0 aliphatic rings. The first-order valence-electron chi connectivity index (χ1n) is 8.35. The number of aromatic nitrogens is 3. The van der Waals surface area contributed by atoms with Gasteiger partial charge in [-0.05, 0) is 5.56 Å². The van der Waals surface area contributed by atoms with Crippen molar-refractivity contribution in [2.45, 2.75) is 0 Å². The summed E-state index contributed by atoms with van der Waals surface area (Å²) < 4.78 is 0. The molecule has 124 valence electrons. The van der Waals surface area contributed by atoms with Crippen molar-refractivity contribution in [3.8, 4) is 22.5 Å². The number of hydrogen-bond donors (Lipinski definition) is 0. The van der Waals surface area contributed by atoms with Crippen LogP contribution in [0.15, 0.2) is 96.0 Å². The first-order valence-corrected chi connectivity index (χ1v) is 8.35. The summed E-state index contributed by atoms with van der Waals surface area (Å²) in [5.41, 5.74) is 4.47. The van der Waals surface area contributed by atoms with Crippen LogP contribution in [-0.2, 0) is 0 Å². The van der Waals surface area contributed by atoms with Gasteiger partial charge in [0.2, 0.25) is 0 Å². The Balaban J connectivity index is 1.78. The molecule has 4 nitrogen and oxygen atoms in total. The van der Waals surface area contributed by atoms with Crippen molar-refractivity contribution in [2.24, 2.45) is 4.99 Å². The molecule has 0 aliphatic heterocycles. The third kappa shape index (κ3) is 3.54. The molecule has 0 saturated carbocycles. The van der Waals surface area contributed by atoms with Crippen LogP contribution >= 0.6 is 0 Å². The fraction of sp³-hybridized carbons (Fsp3) is 0. The van der Waals surface area contributed by atoms with E-state index in [4.69, 9.17) is 0 Å². The van der Waals surface area contributed by atoms with Crippen molar-refractivity contribution < 1.29 is 0 Å². The molecule has 0 fully saturated rings. The summed E-state index contributed by atoms with van der Waals surface area (Å²) in [6.45, 7) is 0. The number of aliphatic imine (C=N–C) groups is 1. The lowest BCUT2D eigenvalue weighted by atomic mass is 10.0. The fourth-order valence-electron chi connectivity index (χ4n) is 2.63. The highest BCUT2D eigenvalue weighted by atomic mass is 15.2. The van der Waals surface area contributed by atoms with Gasteiger partial charge in [-0.15, -0.1) is 10.2 Å². The van der Waals surface area contributed by atoms with Crippen molar-refractivity contribution >= 4 is 12.2 Å². The van der Waals surface area contributed by atoms with Crippen LogP contribution in [0.3, 0.4) is 0 Å². The molecule has 0 N–H and O–H groups in total. The normalized spacial score (nSPS) is 10.9. The van der Waals surface area contributed by atoms with E-state index in [2.05, 4.69) is 20.2 Å². The summed E-state index contributed by atoms with van der Waals surface area (Å²) in [6, 6.07) is 29.8. The molecule has 1 aromatic heterocycles. The van der Waals surface area contributed by atoms with Gasteiger partial charge in [-0.25, -0.2) is 9.98 Å². The molecule has 0 saturated heterocycles. The minimum atomic E-state index is 0.340. The molecule has 0 radical (unpaired) electrons. The maximum atomic E-state index is 4.66. The molecule has 0 bridgehead atoms. The lowest BCUT2D eigenvalue weighted by Crippen LogP contribution is -1.97. The van der Waals surface area contributed by atoms with Crippen LogP contribution in [0.5, 0.6) is 0 Å². The van der Waals surface area contributed by atoms with Gasteiger partial charge < -0.3 is 0 Å². The van der Waals surface area contributed by atoms with E-state index in [1.807, 2.05) is 91.0 Å². The Hall–Kier alpha value is -3.66. The van der Waals surface area contributed by atoms with Gasteiger partial charge >= 0.3 is 0 Å². The Morgan fingerprint density at radius 1 is 0.577 bits per heavy atom. The number of hydrogen-bond acceptors (Lipinski definition) is 4. The maximum absolute atomic E-state index is 4.66. The quantitative estimate of drug-likeness (QED) is 0.495. The molecular weight excluding hydrogens is 320 g/mol. The summed E-state index contributed by atoms with van der Waals surface area (Å²) in [6.07, 6.45) is 1.74. The van der Waals surface area contributed by atoms with Gasteiger partial charge in [0.1, 0.15) is 11.4 Å². The minimum Gasteiger partial charge on any atom is -0.218 e. The van der Waals surface area contributed by atoms with E-state index in [1.54, 1.807) is 6.21 Å². The summed E-state index contributed by atoms with van der Waals surface area (Å²) in [7, 11) is 0. The summed E-state index contributed by atoms with van der Waals surface area (Å²) in [4.78, 5) is 9.05.